The van der Waals surface area contributed by atoms with Gasteiger partial charge in [-0.15, -0.1) is 0 Å². The van der Waals surface area contributed by atoms with Gasteiger partial charge in [-0.3, -0.25) is 0 Å². The van der Waals surface area contributed by atoms with Gasteiger partial charge in [0.15, 0.2) is 0 Å². The first kappa shape index (κ1) is 10.4. The fourth-order valence-electron chi connectivity index (χ4n) is 2.52. The topological polar surface area (TPSA) is 41.5 Å². The predicted molar refractivity (Wildman–Crippen MR) is 55.2 cm³/mol. The van der Waals surface area contributed by atoms with Crippen molar-refractivity contribution in [2.45, 2.75) is 56.7 Å². The molecular formula is C11H21NO2. The van der Waals surface area contributed by atoms with Gasteiger partial charge in [0.2, 0.25) is 0 Å². The summed E-state index contributed by atoms with van der Waals surface area (Å²) in [4.78, 5) is 0. The summed E-state index contributed by atoms with van der Waals surface area (Å²) in [6.07, 6.45) is 5.24. The van der Waals surface area contributed by atoms with E-state index in [0.717, 1.165) is 45.3 Å². The molecule has 2 atom stereocenters. The highest BCUT2D eigenvalue weighted by atomic mass is 16.5. The smallest absolute Gasteiger partial charge is 0.0693 e. The highest BCUT2D eigenvalue weighted by molar-refractivity contribution is 4.93. The van der Waals surface area contributed by atoms with Gasteiger partial charge < -0.3 is 15.2 Å². The molecule has 0 amide bonds. The molecule has 2 unspecified atom stereocenters. The van der Waals surface area contributed by atoms with E-state index in [2.05, 4.69) is 12.2 Å². The van der Waals surface area contributed by atoms with E-state index in [4.69, 9.17) is 4.74 Å². The van der Waals surface area contributed by atoms with E-state index in [-0.39, 0.29) is 11.6 Å². The minimum absolute atomic E-state index is 0.130. The van der Waals surface area contributed by atoms with Crippen molar-refractivity contribution in [1.29, 1.82) is 0 Å². The van der Waals surface area contributed by atoms with Gasteiger partial charge in [0, 0.05) is 24.8 Å². The molecule has 3 heteroatoms. The van der Waals surface area contributed by atoms with Crippen LogP contribution >= 0.6 is 0 Å². The Morgan fingerprint density at radius 2 is 2.00 bits per heavy atom. The van der Waals surface area contributed by atoms with E-state index in [9.17, 15) is 5.11 Å². The molecule has 1 aliphatic carbocycles. The normalized spacial score (nSPS) is 37.3. The molecule has 0 radical (unpaired) electrons. The first-order chi connectivity index (χ1) is 6.70. The van der Waals surface area contributed by atoms with Gasteiger partial charge in [0.1, 0.15) is 0 Å². The zero-order valence-corrected chi connectivity index (χ0v) is 8.96. The van der Waals surface area contributed by atoms with Crippen LogP contribution in [0.25, 0.3) is 0 Å². The summed E-state index contributed by atoms with van der Waals surface area (Å²) in [7, 11) is 0. The highest BCUT2D eigenvalue weighted by Gasteiger charge is 2.34. The third-order valence-corrected chi connectivity index (χ3v) is 3.61. The molecule has 0 aromatic carbocycles. The lowest BCUT2D eigenvalue weighted by molar-refractivity contribution is 0.0307. The van der Waals surface area contributed by atoms with Gasteiger partial charge in [-0.05, 0) is 39.0 Å². The quantitative estimate of drug-likeness (QED) is 0.698. The molecule has 0 aromatic rings. The molecule has 0 aromatic heterocycles. The summed E-state index contributed by atoms with van der Waals surface area (Å²) in [5.74, 6) is 0. The second-order valence-corrected chi connectivity index (χ2v) is 4.92. The van der Waals surface area contributed by atoms with Crippen LogP contribution in [0.4, 0.5) is 0 Å². The van der Waals surface area contributed by atoms with Crippen LogP contribution in [-0.2, 0) is 4.74 Å². The molecule has 82 valence electrons. The van der Waals surface area contributed by atoms with Gasteiger partial charge in [-0.1, -0.05) is 0 Å². The van der Waals surface area contributed by atoms with E-state index in [1.54, 1.807) is 0 Å². The van der Waals surface area contributed by atoms with E-state index in [1.807, 2.05) is 0 Å². The molecule has 3 nitrogen and oxygen atoms in total. The third kappa shape index (κ3) is 2.27. The second kappa shape index (κ2) is 4.17. The number of ether oxygens (including phenoxy) is 1. The van der Waals surface area contributed by atoms with Crippen molar-refractivity contribution < 1.29 is 9.84 Å². The number of nitrogens with one attached hydrogen (secondary N) is 1. The maximum Gasteiger partial charge on any atom is 0.0693 e. The molecule has 0 spiro atoms. The Morgan fingerprint density at radius 3 is 2.57 bits per heavy atom. The molecule has 14 heavy (non-hydrogen) atoms. The molecule has 1 aliphatic heterocycles. The Hall–Kier alpha value is -0.120. The van der Waals surface area contributed by atoms with Crippen molar-refractivity contribution in [1.82, 2.24) is 5.32 Å². The minimum Gasteiger partial charge on any atom is -0.392 e. The summed E-state index contributed by atoms with van der Waals surface area (Å²) in [5, 5.41) is 13.4. The number of aliphatic hydroxyl groups is 1. The molecular weight excluding hydrogens is 178 g/mol. The summed E-state index contributed by atoms with van der Waals surface area (Å²) in [5.41, 5.74) is 0.189. The van der Waals surface area contributed by atoms with Crippen LogP contribution in [0.5, 0.6) is 0 Å². The molecule has 1 heterocycles. The fourth-order valence-corrected chi connectivity index (χ4v) is 2.52. The van der Waals surface area contributed by atoms with Crippen molar-refractivity contribution in [3.05, 3.63) is 0 Å². The van der Waals surface area contributed by atoms with Gasteiger partial charge in [-0.25, -0.2) is 0 Å². The molecule has 2 fully saturated rings. The summed E-state index contributed by atoms with van der Waals surface area (Å²) < 4.78 is 5.35. The zero-order valence-electron chi connectivity index (χ0n) is 8.96. The monoisotopic (exact) mass is 199 g/mol. The third-order valence-electron chi connectivity index (χ3n) is 3.61. The Balaban J connectivity index is 1.88. The maximum atomic E-state index is 9.74. The largest absolute Gasteiger partial charge is 0.392 e. The average Bonchev–Trinajstić information content (AvgIpc) is 2.52. The Labute approximate surface area is 85.8 Å². The van der Waals surface area contributed by atoms with Crippen molar-refractivity contribution in [3.8, 4) is 0 Å². The van der Waals surface area contributed by atoms with Gasteiger partial charge in [0.05, 0.1) is 6.10 Å². The van der Waals surface area contributed by atoms with Crippen LogP contribution in [0.2, 0.25) is 0 Å². The molecule has 2 rings (SSSR count). The van der Waals surface area contributed by atoms with E-state index >= 15 is 0 Å². The van der Waals surface area contributed by atoms with Crippen LogP contribution in [0.1, 0.15) is 39.0 Å². The van der Waals surface area contributed by atoms with Crippen molar-refractivity contribution in [2.24, 2.45) is 0 Å². The predicted octanol–water partition coefficient (Wildman–Crippen LogP) is 1.06. The van der Waals surface area contributed by atoms with Crippen LogP contribution in [0, 0.1) is 0 Å². The Bertz CT molecular complexity index is 190. The summed E-state index contributed by atoms with van der Waals surface area (Å²) >= 11 is 0. The van der Waals surface area contributed by atoms with Crippen molar-refractivity contribution in [2.75, 3.05) is 13.2 Å². The Kier molecular flexibility index (Phi) is 3.10. The second-order valence-electron chi connectivity index (χ2n) is 4.92. The first-order valence-corrected chi connectivity index (χ1v) is 5.73. The van der Waals surface area contributed by atoms with Gasteiger partial charge in [0.25, 0.3) is 0 Å². The molecule has 1 saturated heterocycles. The number of rotatable bonds is 2. The molecule has 2 aliphatic rings. The fraction of sp³-hybridized carbons (Fsp3) is 1.00. The van der Waals surface area contributed by atoms with Crippen LogP contribution in [-0.4, -0.2) is 36.0 Å². The zero-order chi connectivity index (χ0) is 10.0. The number of hydrogen-bond donors (Lipinski definition) is 2. The standard InChI is InChI=1S/C11H21NO2/c1-11(5-7-14-8-6-11)12-9-3-2-4-10(9)13/h9-10,12-13H,2-8H2,1H3. The lowest BCUT2D eigenvalue weighted by Crippen LogP contribution is -2.53. The van der Waals surface area contributed by atoms with Crippen molar-refractivity contribution in [3.63, 3.8) is 0 Å². The maximum absolute atomic E-state index is 9.74. The lowest BCUT2D eigenvalue weighted by atomic mass is 9.91. The van der Waals surface area contributed by atoms with Crippen LogP contribution < -0.4 is 5.32 Å². The SMILES string of the molecule is CC1(NC2CCCC2O)CCOCC1. The van der Waals surface area contributed by atoms with E-state index < -0.39 is 0 Å². The highest BCUT2D eigenvalue weighted by Crippen LogP contribution is 2.26. The van der Waals surface area contributed by atoms with Crippen LogP contribution in [0.15, 0.2) is 0 Å². The first-order valence-electron chi connectivity index (χ1n) is 5.73. The van der Waals surface area contributed by atoms with Gasteiger partial charge in [-0.2, -0.15) is 0 Å². The number of aliphatic hydroxyl groups excluding tert-OH is 1. The minimum atomic E-state index is -0.130. The Morgan fingerprint density at radius 1 is 1.29 bits per heavy atom. The van der Waals surface area contributed by atoms with E-state index in [1.165, 1.54) is 0 Å². The van der Waals surface area contributed by atoms with Gasteiger partial charge >= 0.3 is 0 Å². The molecule has 0 bridgehead atoms. The summed E-state index contributed by atoms with van der Waals surface area (Å²) in [6, 6.07) is 0.318. The number of hydrogen-bond acceptors (Lipinski definition) is 3. The summed E-state index contributed by atoms with van der Waals surface area (Å²) in [6.45, 7) is 3.96. The van der Waals surface area contributed by atoms with Crippen molar-refractivity contribution >= 4 is 0 Å². The lowest BCUT2D eigenvalue weighted by Gasteiger charge is -2.38. The molecule has 1 saturated carbocycles. The van der Waals surface area contributed by atoms with Crippen LogP contribution in [0.3, 0.4) is 0 Å². The average molecular weight is 199 g/mol. The molecule has 2 N–H and O–H groups in total. The van der Waals surface area contributed by atoms with E-state index in [0.29, 0.717) is 6.04 Å².